The summed E-state index contributed by atoms with van der Waals surface area (Å²) in [6.45, 7) is 40.0. The second-order valence-electron chi connectivity index (χ2n) is 30.3. The highest BCUT2D eigenvalue weighted by Crippen LogP contribution is 2.79. The van der Waals surface area contributed by atoms with Crippen LogP contribution in [0.2, 0.25) is 0 Å². The van der Waals surface area contributed by atoms with E-state index in [-0.39, 0.29) is 38.8 Å². The standard InChI is InChI=1S/C35H56O3.C31H46O2/c1-23(2)24-13-18-35(22-38-29-10-8-9-21-37-29)20-19-33(6)25(30(24)35)11-12-27-32(5)16-15-28(36)31(3,4)26(32)14-17-34(27,33)7;1-8-31-16-11-21(20(2)19-32)26(31)22-9-10-24-28(5)14-13-25(33)27(3,4)23(28)12-15-30(24,7)29(22,6)17-18-31/h24-27,29-30H,1,8-22H2,2-7H3;13-14,19,21-24,26H,2,8-12,15-18H2,1,3-7H3/t24-,25+,26-,27+,29?,30+,32-,33+,34+,35+;21-,22+,23-,24+,26+,28-,29+,30+,31+/m00/s1. The average Bonchev–Trinajstić information content (AvgIpc) is 3.92. The number of rotatable bonds is 7. The molecule has 1 aliphatic heterocycles. The van der Waals surface area contributed by atoms with Crippen molar-refractivity contribution >= 4 is 17.9 Å². The SMILES string of the molecule is C=C(C)[C@@H]1CC[C@]2(COC3CCCCO3)CC[C@]3(C)[C@H](CC[C@@H]4[C@@]5(C)CCC(=O)C(C)(C)[C@@H]5CC[C@]43C)[C@@H]12.C=C(C=O)[C@@H]1CC[C@]2(CC)CC[C@]3(C)[C@H](CC[C@@H]4[C@@]5(C)C=CC(=O)C(C)(C)[C@@H]5CC[C@]43C)[C@@H]12. The minimum Gasteiger partial charge on any atom is -0.353 e. The highest BCUT2D eigenvalue weighted by Gasteiger charge is 2.73. The fourth-order valence-electron chi connectivity index (χ4n) is 23.6. The molecule has 0 radical (unpaired) electrons. The lowest BCUT2D eigenvalue weighted by Gasteiger charge is -2.72. The van der Waals surface area contributed by atoms with Crippen molar-refractivity contribution in [3.63, 3.8) is 0 Å². The highest BCUT2D eigenvalue weighted by atomic mass is 16.7. The van der Waals surface area contributed by atoms with Crippen LogP contribution in [0.5, 0.6) is 0 Å². The van der Waals surface area contributed by atoms with Crippen LogP contribution in [0.3, 0.4) is 0 Å². The molecule has 396 valence electrons. The van der Waals surface area contributed by atoms with E-state index in [2.05, 4.69) is 102 Å². The summed E-state index contributed by atoms with van der Waals surface area (Å²) in [5.74, 6) is 6.90. The number of ketones is 2. The van der Waals surface area contributed by atoms with E-state index in [1.807, 2.05) is 6.08 Å². The smallest absolute Gasteiger partial charge is 0.161 e. The third-order valence-corrected chi connectivity index (χ3v) is 27.9. The van der Waals surface area contributed by atoms with Gasteiger partial charge in [0.25, 0.3) is 0 Å². The Kier molecular flexibility index (Phi) is 13.0. The molecule has 71 heavy (non-hydrogen) atoms. The topological polar surface area (TPSA) is 69.7 Å². The van der Waals surface area contributed by atoms with Gasteiger partial charge in [-0.15, -0.1) is 0 Å². The minimum absolute atomic E-state index is 0.0109. The third kappa shape index (κ3) is 7.23. The number of hydrogen-bond acceptors (Lipinski definition) is 5. The molecule has 9 saturated carbocycles. The molecule has 1 heterocycles. The number of hydrogen-bond donors (Lipinski definition) is 0. The van der Waals surface area contributed by atoms with E-state index in [0.29, 0.717) is 80.6 Å². The maximum absolute atomic E-state index is 13.1. The summed E-state index contributed by atoms with van der Waals surface area (Å²) < 4.78 is 12.7. The molecule has 19 atom stereocenters. The largest absolute Gasteiger partial charge is 0.353 e. The molecule has 0 spiro atoms. The molecular weight excluding hydrogens is 873 g/mol. The van der Waals surface area contributed by atoms with E-state index in [0.717, 1.165) is 69.0 Å². The van der Waals surface area contributed by atoms with Gasteiger partial charge in [0.2, 0.25) is 0 Å². The number of ether oxygens (including phenoxy) is 2. The van der Waals surface area contributed by atoms with Gasteiger partial charge >= 0.3 is 0 Å². The van der Waals surface area contributed by atoms with Crippen LogP contribution in [0.4, 0.5) is 0 Å². The lowest BCUT2D eigenvalue weighted by Crippen LogP contribution is -2.66. The fourth-order valence-corrected chi connectivity index (χ4v) is 23.6. The summed E-state index contributed by atoms with van der Waals surface area (Å²) in [5.41, 5.74) is 4.19. The van der Waals surface area contributed by atoms with Gasteiger partial charge in [-0.2, -0.15) is 0 Å². The molecule has 11 rings (SSSR count). The van der Waals surface area contributed by atoms with E-state index < -0.39 is 0 Å². The van der Waals surface area contributed by atoms with Crippen LogP contribution in [0.15, 0.2) is 36.5 Å². The van der Waals surface area contributed by atoms with E-state index in [1.54, 1.807) is 0 Å². The van der Waals surface area contributed by atoms with Crippen LogP contribution in [0.1, 0.15) is 224 Å². The Morgan fingerprint density at radius 1 is 0.634 bits per heavy atom. The van der Waals surface area contributed by atoms with Gasteiger partial charge in [-0.25, -0.2) is 0 Å². The Hall–Kier alpha value is -1.85. The fraction of sp³-hybridized carbons (Fsp3) is 0.864. The van der Waals surface area contributed by atoms with Gasteiger partial charge in [-0.1, -0.05) is 107 Å². The molecule has 0 N–H and O–H groups in total. The van der Waals surface area contributed by atoms with E-state index in [9.17, 15) is 14.4 Å². The Bertz CT molecular complexity index is 2180. The van der Waals surface area contributed by atoms with Gasteiger partial charge in [0.15, 0.2) is 12.1 Å². The first-order chi connectivity index (χ1) is 33.3. The predicted octanol–water partition coefficient (Wildman–Crippen LogP) is 16.3. The predicted molar refractivity (Wildman–Crippen MR) is 288 cm³/mol. The Balaban J connectivity index is 0.000000166. The first-order valence-electron chi connectivity index (χ1n) is 30.1. The van der Waals surface area contributed by atoms with Gasteiger partial charge in [0, 0.05) is 23.9 Å². The van der Waals surface area contributed by atoms with Gasteiger partial charge in [-0.3, -0.25) is 14.4 Å². The Morgan fingerprint density at radius 3 is 1.85 bits per heavy atom. The van der Waals surface area contributed by atoms with Gasteiger partial charge in [0.1, 0.15) is 12.1 Å². The molecule has 0 aromatic carbocycles. The minimum atomic E-state index is -0.259. The average molecular weight is 976 g/mol. The summed E-state index contributed by atoms with van der Waals surface area (Å²) >= 11 is 0. The Labute approximate surface area is 433 Å². The summed E-state index contributed by atoms with van der Waals surface area (Å²) in [4.78, 5) is 37.7. The molecule has 11 aliphatic rings. The van der Waals surface area contributed by atoms with Crippen LogP contribution in [0, 0.1) is 113 Å². The molecule has 10 fully saturated rings. The Morgan fingerprint density at radius 2 is 1.23 bits per heavy atom. The quantitative estimate of drug-likeness (QED) is 0.144. The van der Waals surface area contributed by atoms with Crippen LogP contribution in [-0.4, -0.2) is 37.4 Å². The van der Waals surface area contributed by atoms with Crippen molar-refractivity contribution in [2.45, 2.75) is 231 Å². The molecule has 1 saturated heterocycles. The van der Waals surface area contributed by atoms with Crippen LogP contribution < -0.4 is 0 Å². The number of fused-ring (bicyclic) bond motifs is 14. The number of allylic oxidation sites excluding steroid dienone is 4. The molecule has 0 aromatic heterocycles. The van der Waals surface area contributed by atoms with Crippen molar-refractivity contribution in [2.24, 2.45) is 113 Å². The van der Waals surface area contributed by atoms with Crippen molar-refractivity contribution in [3.05, 3.63) is 36.5 Å². The van der Waals surface area contributed by atoms with E-state index >= 15 is 0 Å². The number of aldehydes is 1. The second-order valence-corrected chi connectivity index (χ2v) is 30.3. The van der Waals surface area contributed by atoms with Crippen molar-refractivity contribution in [2.75, 3.05) is 13.2 Å². The highest BCUT2D eigenvalue weighted by molar-refractivity contribution is 5.95. The second kappa shape index (κ2) is 17.6. The lowest BCUT2D eigenvalue weighted by atomic mass is 9.32. The summed E-state index contributed by atoms with van der Waals surface area (Å²) in [6.07, 6.45) is 32.4. The van der Waals surface area contributed by atoms with Crippen LogP contribution in [0.25, 0.3) is 0 Å². The molecule has 0 amide bonds. The first-order valence-corrected chi connectivity index (χ1v) is 30.1. The summed E-state index contributed by atoms with van der Waals surface area (Å²) in [6, 6.07) is 0. The maximum Gasteiger partial charge on any atom is 0.161 e. The molecule has 0 bridgehead atoms. The van der Waals surface area contributed by atoms with Gasteiger partial charge in [-0.05, 0) is 249 Å². The monoisotopic (exact) mass is 975 g/mol. The molecule has 1 unspecified atom stereocenters. The van der Waals surface area contributed by atoms with E-state index in [1.165, 1.54) is 115 Å². The lowest BCUT2D eigenvalue weighted by molar-refractivity contribution is -0.245. The molecule has 10 aliphatic carbocycles. The molecule has 5 heteroatoms. The van der Waals surface area contributed by atoms with Crippen LogP contribution in [-0.2, 0) is 23.9 Å². The van der Waals surface area contributed by atoms with Crippen molar-refractivity contribution in [1.29, 1.82) is 0 Å². The van der Waals surface area contributed by atoms with E-state index in [4.69, 9.17) is 9.47 Å². The summed E-state index contributed by atoms with van der Waals surface area (Å²) in [5, 5.41) is 0. The van der Waals surface area contributed by atoms with Crippen LogP contribution >= 0.6 is 0 Å². The zero-order valence-electron chi connectivity index (χ0n) is 47.5. The zero-order chi connectivity index (χ0) is 51.2. The molecule has 5 nitrogen and oxygen atoms in total. The van der Waals surface area contributed by atoms with Crippen molar-refractivity contribution in [3.8, 4) is 0 Å². The number of carbonyl (C=O) groups is 3. The van der Waals surface area contributed by atoms with Crippen molar-refractivity contribution in [1.82, 2.24) is 0 Å². The molecular formula is C66H102O5. The maximum atomic E-state index is 13.1. The van der Waals surface area contributed by atoms with Gasteiger partial charge < -0.3 is 9.47 Å². The number of Topliss-reactive ketones (excluding diaryl/α,β-unsaturated/α-hetero) is 1. The summed E-state index contributed by atoms with van der Waals surface area (Å²) in [7, 11) is 0. The van der Waals surface area contributed by atoms with Crippen molar-refractivity contribution < 1.29 is 23.9 Å². The zero-order valence-corrected chi connectivity index (χ0v) is 47.5. The first kappa shape index (κ1) is 52.6. The third-order valence-electron chi connectivity index (χ3n) is 27.9. The number of carbonyl (C=O) groups excluding carboxylic acids is 3. The van der Waals surface area contributed by atoms with Gasteiger partial charge in [0.05, 0.1) is 6.61 Å². The normalized spacial score (nSPS) is 52.1. The molecule has 0 aromatic rings.